The van der Waals surface area contributed by atoms with Crippen molar-refractivity contribution in [2.24, 2.45) is 5.41 Å². The molecule has 16 heavy (non-hydrogen) atoms. The van der Waals surface area contributed by atoms with Crippen LogP contribution in [0.3, 0.4) is 0 Å². The maximum Gasteiger partial charge on any atom is 0.315 e. The molecular weight excluding hydrogens is 226 g/mol. The van der Waals surface area contributed by atoms with Crippen molar-refractivity contribution in [2.75, 3.05) is 11.9 Å². The van der Waals surface area contributed by atoms with Crippen LogP contribution in [0.1, 0.15) is 50.8 Å². The van der Waals surface area contributed by atoms with Crippen LogP contribution in [0.5, 0.6) is 0 Å². The second-order valence-electron chi connectivity index (χ2n) is 4.67. The molecule has 1 saturated carbocycles. The summed E-state index contributed by atoms with van der Waals surface area (Å²) in [5.74, 6) is 0.476. The van der Waals surface area contributed by atoms with Gasteiger partial charge in [0.25, 0.3) is 0 Å². The highest BCUT2D eigenvalue weighted by atomic mass is 35.5. The Bertz CT molecular complexity index is 347. The lowest BCUT2D eigenvalue weighted by atomic mass is 10.0. The Morgan fingerprint density at radius 1 is 1.50 bits per heavy atom. The summed E-state index contributed by atoms with van der Waals surface area (Å²) >= 11 is 5.84. The predicted molar refractivity (Wildman–Crippen MR) is 63.6 cm³/mol. The van der Waals surface area contributed by atoms with Crippen molar-refractivity contribution < 1.29 is 4.42 Å². The summed E-state index contributed by atoms with van der Waals surface area (Å²) in [5, 5.41) is 10.8. The Balaban J connectivity index is 1.85. The fraction of sp³-hybridized carbons (Fsp3) is 0.818. The van der Waals surface area contributed by atoms with Crippen LogP contribution in [0.15, 0.2) is 4.42 Å². The first kappa shape index (κ1) is 11.7. The zero-order valence-corrected chi connectivity index (χ0v) is 10.5. The highest BCUT2D eigenvalue weighted by molar-refractivity contribution is 6.20. The minimum absolute atomic E-state index is 0.228. The van der Waals surface area contributed by atoms with E-state index >= 15 is 0 Å². The van der Waals surface area contributed by atoms with Crippen LogP contribution in [0.2, 0.25) is 0 Å². The molecule has 1 aromatic heterocycles. The molecule has 1 aliphatic carbocycles. The first-order valence-corrected chi connectivity index (χ1v) is 6.30. The molecule has 0 aliphatic heterocycles. The Hall–Kier alpha value is -0.770. The summed E-state index contributed by atoms with van der Waals surface area (Å²) in [7, 11) is 0. The van der Waals surface area contributed by atoms with Gasteiger partial charge in [0.2, 0.25) is 5.89 Å². The van der Waals surface area contributed by atoms with Crippen LogP contribution in [0, 0.1) is 5.41 Å². The molecule has 5 heteroatoms. The Kier molecular flexibility index (Phi) is 3.38. The molecule has 90 valence electrons. The molecule has 0 aromatic carbocycles. The zero-order valence-electron chi connectivity index (χ0n) is 9.79. The Labute approximate surface area is 101 Å². The van der Waals surface area contributed by atoms with Crippen LogP contribution < -0.4 is 5.32 Å². The van der Waals surface area contributed by atoms with E-state index in [0.717, 1.165) is 6.54 Å². The number of rotatable bonds is 6. The van der Waals surface area contributed by atoms with E-state index in [1.54, 1.807) is 0 Å². The molecule has 1 aromatic rings. The van der Waals surface area contributed by atoms with Crippen LogP contribution in [0.25, 0.3) is 0 Å². The second-order valence-corrected chi connectivity index (χ2v) is 5.32. The molecule has 1 N–H and O–H groups in total. The number of hydrogen-bond donors (Lipinski definition) is 1. The van der Waals surface area contributed by atoms with Gasteiger partial charge in [-0.15, -0.1) is 16.7 Å². The van der Waals surface area contributed by atoms with E-state index in [4.69, 9.17) is 16.0 Å². The fourth-order valence-corrected chi connectivity index (χ4v) is 2.04. The summed E-state index contributed by atoms with van der Waals surface area (Å²) in [4.78, 5) is 0. The highest BCUT2D eigenvalue weighted by Crippen LogP contribution is 2.49. The van der Waals surface area contributed by atoms with Gasteiger partial charge in [-0.25, -0.2) is 0 Å². The molecule has 0 saturated heterocycles. The maximum absolute atomic E-state index is 5.84. The molecule has 4 nitrogen and oxygen atoms in total. The molecule has 0 radical (unpaired) electrons. The van der Waals surface area contributed by atoms with Gasteiger partial charge in [-0.05, 0) is 31.6 Å². The Morgan fingerprint density at radius 2 is 2.25 bits per heavy atom. The van der Waals surface area contributed by atoms with Gasteiger partial charge in [-0.3, -0.25) is 0 Å². The summed E-state index contributed by atoms with van der Waals surface area (Å²) in [5.41, 5.74) is 0.482. The minimum Gasteiger partial charge on any atom is -0.407 e. The molecule has 1 fully saturated rings. The average molecular weight is 244 g/mol. The van der Waals surface area contributed by atoms with E-state index in [0.29, 0.717) is 17.3 Å². The standard InChI is InChI=1S/C11H18ClN3O/c1-3-4-11(5-6-11)7-13-10-15-14-9(16-10)8(2)12/h8H,3-7H2,1-2H3,(H,13,15). The van der Waals surface area contributed by atoms with Gasteiger partial charge < -0.3 is 9.73 Å². The first-order valence-electron chi connectivity index (χ1n) is 5.86. The predicted octanol–water partition coefficient (Wildman–Crippen LogP) is 3.36. The van der Waals surface area contributed by atoms with E-state index in [1.807, 2.05) is 6.92 Å². The third kappa shape index (κ3) is 2.67. The minimum atomic E-state index is -0.228. The SMILES string of the molecule is CCCC1(CNc2nnc(C(C)Cl)o2)CC1. The smallest absolute Gasteiger partial charge is 0.315 e. The normalized spacial score (nSPS) is 19.4. The Morgan fingerprint density at radius 3 is 2.75 bits per heavy atom. The van der Waals surface area contributed by atoms with E-state index in [-0.39, 0.29) is 5.38 Å². The van der Waals surface area contributed by atoms with Gasteiger partial charge in [-0.1, -0.05) is 18.4 Å². The molecule has 1 unspecified atom stereocenters. The van der Waals surface area contributed by atoms with Gasteiger partial charge >= 0.3 is 6.01 Å². The highest BCUT2D eigenvalue weighted by Gasteiger charge is 2.41. The van der Waals surface area contributed by atoms with Gasteiger partial charge in [0.1, 0.15) is 5.38 Å². The van der Waals surface area contributed by atoms with Crippen LogP contribution in [0.4, 0.5) is 6.01 Å². The fourth-order valence-electron chi connectivity index (χ4n) is 1.95. The molecule has 1 atom stereocenters. The third-order valence-corrected chi connectivity index (χ3v) is 3.32. The van der Waals surface area contributed by atoms with E-state index < -0.39 is 0 Å². The maximum atomic E-state index is 5.84. The summed E-state index contributed by atoms with van der Waals surface area (Å²) in [6.07, 6.45) is 5.11. The number of halogens is 1. The molecular formula is C11H18ClN3O. The zero-order chi connectivity index (χ0) is 11.6. The molecule has 0 spiro atoms. The lowest BCUT2D eigenvalue weighted by Crippen LogP contribution is -2.15. The first-order chi connectivity index (χ1) is 7.65. The van der Waals surface area contributed by atoms with Gasteiger partial charge in [-0.2, -0.15) is 0 Å². The van der Waals surface area contributed by atoms with Gasteiger partial charge in [0.15, 0.2) is 0 Å². The van der Waals surface area contributed by atoms with Crippen molar-refractivity contribution in [1.29, 1.82) is 0 Å². The lowest BCUT2D eigenvalue weighted by molar-refractivity contribution is 0.464. The van der Waals surface area contributed by atoms with Crippen molar-refractivity contribution in [3.8, 4) is 0 Å². The van der Waals surface area contributed by atoms with Gasteiger partial charge in [0, 0.05) is 6.54 Å². The quantitative estimate of drug-likeness (QED) is 0.779. The monoisotopic (exact) mass is 243 g/mol. The van der Waals surface area contributed by atoms with Crippen LogP contribution in [-0.4, -0.2) is 16.7 Å². The topological polar surface area (TPSA) is 51.0 Å². The third-order valence-electron chi connectivity index (χ3n) is 3.13. The van der Waals surface area contributed by atoms with E-state index in [9.17, 15) is 0 Å². The molecule has 0 amide bonds. The van der Waals surface area contributed by atoms with Crippen molar-refractivity contribution >= 4 is 17.6 Å². The van der Waals surface area contributed by atoms with Crippen molar-refractivity contribution in [2.45, 2.75) is 44.9 Å². The number of nitrogens with one attached hydrogen (secondary N) is 1. The molecule has 1 aliphatic rings. The van der Waals surface area contributed by atoms with Crippen molar-refractivity contribution in [1.82, 2.24) is 10.2 Å². The molecule has 2 rings (SSSR count). The average Bonchev–Trinajstić information content (AvgIpc) is 2.84. The van der Waals surface area contributed by atoms with Crippen molar-refractivity contribution in [3.63, 3.8) is 0 Å². The lowest BCUT2D eigenvalue weighted by Gasteiger charge is -2.13. The number of hydrogen-bond acceptors (Lipinski definition) is 4. The number of anilines is 1. The van der Waals surface area contributed by atoms with Crippen LogP contribution in [-0.2, 0) is 0 Å². The number of nitrogens with zero attached hydrogens (tertiary/aromatic N) is 2. The van der Waals surface area contributed by atoms with Crippen molar-refractivity contribution in [3.05, 3.63) is 5.89 Å². The summed E-state index contributed by atoms with van der Waals surface area (Å²) in [6.45, 7) is 4.97. The summed E-state index contributed by atoms with van der Waals surface area (Å²) in [6, 6.07) is 0.491. The second kappa shape index (κ2) is 4.62. The van der Waals surface area contributed by atoms with E-state index in [1.165, 1.54) is 25.7 Å². The number of alkyl halides is 1. The molecule has 0 bridgehead atoms. The molecule has 1 heterocycles. The summed E-state index contributed by atoms with van der Waals surface area (Å²) < 4.78 is 5.38. The van der Waals surface area contributed by atoms with Gasteiger partial charge in [0.05, 0.1) is 0 Å². The number of aromatic nitrogens is 2. The van der Waals surface area contributed by atoms with E-state index in [2.05, 4.69) is 22.4 Å². The largest absolute Gasteiger partial charge is 0.407 e. The van der Waals surface area contributed by atoms with Crippen LogP contribution >= 0.6 is 11.6 Å².